The fraction of sp³-hybridized carbons (Fsp3) is 0.650. The Kier molecular flexibility index (Phi) is 9.27. The molecule has 0 radical (unpaired) electrons. The van der Waals surface area contributed by atoms with Gasteiger partial charge >= 0.3 is 0 Å². The van der Waals surface area contributed by atoms with Crippen LogP contribution >= 0.6 is 11.8 Å². The Labute approximate surface area is 173 Å². The highest BCUT2D eigenvalue weighted by atomic mass is 32.2. The minimum Gasteiger partial charge on any atom is -0.379 e. The van der Waals surface area contributed by atoms with E-state index in [1.54, 1.807) is 12.1 Å². The molecule has 0 atom stereocenters. The van der Waals surface area contributed by atoms with Crippen LogP contribution in [0.2, 0.25) is 0 Å². The summed E-state index contributed by atoms with van der Waals surface area (Å²) in [6.07, 6.45) is 6.89. The van der Waals surface area contributed by atoms with E-state index < -0.39 is 10.0 Å². The number of likely N-dealkylation sites (tertiary alicyclic amines) is 1. The third-order valence-electron chi connectivity index (χ3n) is 4.67. The summed E-state index contributed by atoms with van der Waals surface area (Å²) in [6.45, 7) is 6.16. The first-order chi connectivity index (χ1) is 13.3. The third kappa shape index (κ3) is 6.76. The molecule has 0 bridgehead atoms. The fourth-order valence-corrected chi connectivity index (χ4v) is 4.82. The van der Waals surface area contributed by atoms with Crippen LogP contribution in [0.25, 0.3) is 0 Å². The molecule has 0 aliphatic carbocycles. The Morgan fingerprint density at radius 1 is 1.21 bits per heavy atom. The summed E-state index contributed by atoms with van der Waals surface area (Å²) in [5, 5.41) is 0. The minimum atomic E-state index is -3.67. The summed E-state index contributed by atoms with van der Waals surface area (Å²) >= 11 is 1.46. The smallest absolute Gasteiger partial charge is 0.255 e. The number of hydrogen-bond donors (Lipinski definition) is 1. The molecule has 0 saturated carbocycles. The molecule has 1 aliphatic heterocycles. The molecule has 1 N–H and O–H groups in total. The maximum Gasteiger partial charge on any atom is 0.255 e. The lowest BCUT2D eigenvalue weighted by Crippen LogP contribution is -2.32. The fourth-order valence-electron chi connectivity index (χ4n) is 3.15. The van der Waals surface area contributed by atoms with Gasteiger partial charge in [-0.15, -0.1) is 11.8 Å². The molecule has 1 fully saturated rings. The van der Waals surface area contributed by atoms with Gasteiger partial charge in [0, 0.05) is 31.1 Å². The molecule has 0 unspecified atom stereocenters. The first kappa shape index (κ1) is 23.2. The van der Waals surface area contributed by atoms with Crippen molar-refractivity contribution in [3.63, 3.8) is 0 Å². The molecule has 1 saturated heterocycles. The van der Waals surface area contributed by atoms with Gasteiger partial charge in [0.25, 0.3) is 5.91 Å². The first-order valence-corrected chi connectivity index (χ1v) is 12.6. The van der Waals surface area contributed by atoms with Gasteiger partial charge in [-0.1, -0.05) is 12.8 Å². The number of nitrogens with zero attached hydrogens (tertiary/aromatic N) is 1. The second-order valence-electron chi connectivity index (χ2n) is 7.24. The zero-order valence-corrected chi connectivity index (χ0v) is 18.7. The Balaban J connectivity index is 2.12. The topological polar surface area (TPSA) is 75.7 Å². The van der Waals surface area contributed by atoms with E-state index in [2.05, 4.69) is 4.72 Å². The number of carbonyl (C=O) groups excluding carboxylic acids is 1. The monoisotopic (exact) mass is 428 g/mol. The highest BCUT2D eigenvalue weighted by Gasteiger charge is 2.23. The number of hydrogen-bond acceptors (Lipinski definition) is 5. The largest absolute Gasteiger partial charge is 0.379 e. The number of ether oxygens (including phenoxy) is 1. The third-order valence-corrected chi connectivity index (χ3v) is 6.92. The van der Waals surface area contributed by atoms with Gasteiger partial charge < -0.3 is 9.64 Å². The van der Waals surface area contributed by atoms with Crippen LogP contribution in [0.1, 0.15) is 56.3 Å². The van der Waals surface area contributed by atoms with Crippen LogP contribution < -0.4 is 4.72 Å². The van der Waals surface area contributed by atoms with Crippen LogP contribution in [0, 0.1) is 0 Å². The molecule has 8 heteroatoms. The average molecular weight is 429 g/mol. The molecule has 6 nitrogen and oxygen atoms in total. The number of rotatable bonds is 9. The van der Waals surface area contributed by atoms with Crippen molar-refractivity contribution in [3.05, 3.63) is 23.8 Å². The van der Waals surface area contributed by atoms with Crippen LogP contribution in [0.5, 0.6) is 0 Å². The van der Waals surface area contributed by atoms with Crippen molar-refractivity contribution in [2.75, 3.05) is 32.5 Å². The summed E-state index contributed by atoms with van der Waals surface area (Å²) in [4.78, 5) is 15.8. The van der Waals surface area contributed by atoms with Crippen molar-refractivity contribution in [2.45, 2.75) is 61.8 Å². The van der Waals surface area contributed by atoms with E-state index in [0.29, 0.717) is 25.1 Å². The number of amides is 1. The lowest BCUT2D eigenvalue weighted by Gasteiger charge is -2.22. The molecule has 0 spiro atoms. The molecule has 1 amide bonds. The van der Waals surface area contributed by atoms with E-state index >= 15 is 0 Å². The van der Waals surface area contributed by atoms with E-state index in [-0.39, 0.29) is 16.9 Å². The van der Waals surface area contributed by atoms with E-state index in [4.69, 9.17) is 4.74 Å². The predicted octanol–water partition coefficient (Wildman–Crippen LogP) is 3.52. The molecule has 1 heterocycles. The molecule has 1 aromatic rings. The first-order valence-electron chi connectivity index (χ1n) is 9.93. The molecule has 158 valence electrons. The zero-order valence-electron chi connectivity index (χ0n) is 17.1. The van der Waals surface area contributed by atoms with Gasteiger partial charge in [-0.25, -0.2) is 13.1 Å². The molecular formula is C20H32N2O4S2. The minimum absolute atomic E-state index is 0.0753. The van der Waals surface area contributed by atoms with Crippen LogP contribution in [-0.4, -0.2) is 57.8 Å². The van der Waals surface area contributed by atoms with Crippen LogP contribution in [0.4, 0.5) is 0 Å². The number of carbonyl (C=O) groups is 1. The van der Waals surface area contributed by atoms with Gasteiger partial charge in [0.2, 0.25) is 10.0 Å². The Bertz CT molecular complexity index is 743. The SMILES string of the molecule is CSc1ccc(S(=O)(=O)NCCCOC(C)C)cc1C(=O)N1CCCCCC1. The summed E-state index contributed by atoms with van der Waals surface area (Å²) in [5.74, 6) is -0.0753. The standard InChI is InChI=1S/C20H32N2O4S2/c1-16(2)26-14-8-11-21-28(24,25)17-9-10-19(27-3)18(15-17)20(23)22-12-6-4-5-7-13-22/h9-10,15-16,21H,4-8,11-14H2,1-3H3. The number of sulfonamides is 1. The van der Waals surface area contributed by atoms with Crippen molar-refractivity contribution in [2.24, 2.45) is 0 Å². The van der Waals surface area contributed by atoms with Crippen LogP contribution in [-0.2, 0) is 14.8 Å². The van der Waals surface area contributed by atoms with Gasteiger partial charge in [0.1, 0.15) is 0 Å². The summed E-state index contributed by atoms with van der Waals surface area (Å²) < 4.78 is 33.3. The highest BCUT2D eigenvalue weighted by molar-refractivity contribution is 7.98. The number of benzene rings is 1. The zero-order chi connectivity index (χ0) is 20.6. The summed E-state index contributed by atoms with van der Waals surface area (Å²) in [5.41, 5.74) is 0.473. The lowest BCUT2D eigenvalue weighted by molar-refractivity contribution is 0.0757. The average Bonchev–Trinajstić information content (AvgIpc) is 2.95. The Morgan fingerprint density at radius 2 is 1.89 bits per heavy atom. The Morgan fingerprint density at radius 3 is 2.50 bits per heavy atom. The van der Waals surface area contributed by atoms with Crippen molar-refractivity contribution >= 4 is 27.7 Å². The van der Waals surface area contributed by atoms with E-state index in [1.165, 1.54) is 17.8 Å². The van der Waals surface area contributed by atoms with E-state index in [1.807, 2.05) is 25.0 Å². The Hall–Kier alpha value is -1.09. The maximum atomic E-state index is 13.1. The summed E-state index contributed by atoms with van der Waals surface area (Å²) in [7, 11) is -3.67. The van der Waals surface area contributed by atoms with E-state index in [9.17, 15) is 13.2 Å². The second kappa shape index (κ2) is 11.2. The normalized spacial score (nSPS) is 15.6. The molecule has 0 aromatic heterocycles. The summed E-state index contributed by atoms with van der Waals surface area (Å²) in [6, 6.07) is 4.82. The van der Waals surface area contributed by atoms with Crippen molar-refractivity contribution in [3.8, 4) is 0 Å². The molecule has 2 rings (SSSR count). The van der Waals surface area contributed by atoms with Gasteiger partial charge in [-0.3, -0.25) is 4.79 Å². The predicted molar refractivity (Wildman–Crippen MR) is 113 cm³/mol. The molecule has 1 aromatic carbocycles. The van der Waals surface area contributed by atoms with Crippen molar-refractivity contribution in [1.29, 1.82) is 0 Å². The van der Waals surface area contributed by atoms with Gasteiger partial charge in [-0.2, -0.15) is 0 Å². The quantitative estimate of drug-likeness (QED) is 0.481. The van der Waals surface area contributed by atoms with E-state index in [0.717, 1.165) is 43.7 Å². The van der Waals surface area contributed by atoms with Gasteiger partial charge in [-0.05, 0) is 57.6 Å². The highest BCUT2D eigenvalue weighted by Crippen LogP contribution is 2.26. The van der Waals surface area contributed by atoms with Crippen molar-refractivity contribution < 1.29 is 17.9 Å². The number of thioether (sulfide) groups is 1. The maximum absolute atomic E-state index is 13.1. The van der Waals surface area contributed by atoms with Gasteiger partial charge in [0.05, 0.1) is 16.6 Å². The van der Waals surface area contributed by atoms with Crippen LogP contribution in [0.15, 0.2) is 28.0 Å². The second-order valence-corrected chi connectivity index (χ2v) is 9.85. The van der Waals surface area contributed by atoms with Crippen molar-refractivity contribution in [1.82, 2.24) is 9.62 Å². The molecular weight excluding hydrogens is 396 g/mol. The van der Waals surface area contributed by atoms with Crippen LogP contribution in [0.3, 0.4) is 0 Å². The molecule has 28 heavy (non-hydrogen) atoms. The van der Waals surface area contributed by atoms with Gasteiger partial charge in [0.15, 0.2) is 0 Å². The number of nitrogens with one attached hydrogen (secondary N) is 1. The molecule has 1 aliphatic rings. The lowest BCUT2D eigenvalue weighted by atomic mass is 10.2.